The van der Waals surface area contributed by atoms with E-state index < -0.39 is 12.5 Å². The minimum Gasteiger partial charge on any atom is -0.435 e. The highest BCUT2D eigenvalue weighted by molar-refractivity contribution is 7.98. The maximum atomic E-state index is 12.4. The molecule has 0 aliphatic rings. The number of carbonyl (C=O) groups is 1. The molecule has 140 valence electrons. The van der Waals surface area contributed by atoms with Gasteiger partial charge < -0.3 is 10.1 Å². The third-order valence-electron chi connectivity index (χ3n) is 3.62. The van der Waals surface area contributed by atoms with Gasteiger partial charge in [-0.15, -0.1) is 16.9 Å². The molecule has 2 aromatic heterocycles. The number of benzene rings is 1. The summed E-state index contributed by atoms with van der Waals surface area (Å²) in [5, 5.41) is 11.4. The summed E-state index contributed by atoms with van der Waals surface area (Å²) in [4.78, 5) is 16.6. The summed E-state index contributed by atoms with van der Waals surface area (Å²) in [6.45, 7) is -1.20. The Labute approximate surface area is 157 Å². The Morgan fingerprint density at radius 2 is 1.96 bits per heavy atom. The normalized spacial score (nSPS) is 10.9. The van der Waals surface area contributed by atoms with Gasteiger partial charge in [-0.25, -0.2) is 9.67 Å². The van der Waals surface area contributed by atoms with Crippen LogP contribution in [0.5, 0.6) is 5.75 Å². The summed E-state index contributed by atoms with van der Waals surface area (Å²) in [6, 6.07) is 9.42. The van der Waals surface area contributed by atoms with Crippen LogP contribution in [0.3, 0.4) is 0 Å². The lowest BCUT2D eigenvalue weighted by Crippen LogP contribution is -2.14. The van der Waals surface area contributed by atoms with Crippen LogP contribution in [0, 0.1) is 6.92 Å². The monoisotopic (exact) mass is 391 g/mol. The van der Waals surface area contributed by atoms with Gasteiger partial charge in [0.1, 0.15) is 5.75 Å². The van der Waals surface area contributed by atoms with Crippen LogP contribution in [0.2, 0.25) is 0 Å². The second kappa shape index (κ2) is 8.12. The summed E-state index contributed by atoms with van der Waals surface area (Å²) in [7, 11) is 0. The van der Waals surface area contributed by atoms with Gasteiger partial charge in [-0.3, -0.25) is 4.79 Å². The highest BCUT2D eigenvalue weighted by Gasteiger charge is 2.18. The number of amides is 1. The Bertz CT molecular complexity index is 930. The first-order valence-corrected chi connectivity index (χ1v) is 8.99. The molecule has 0 saturated heterocycles. The van der Waals surface area contributed by atoms with Crippen LogP contribution < -0.4 is 10.1 Å². The van der Waals surface area contributed by atoms with Gasteiger partial charge >= 0.3 is 6.61 Å². The molecule has 0 unspecified atom stereocenters. The van der Waals surface area contributed by atoms with Gasteiger partial charge in [0.2, 0.25) is 0 Å². The fraction of sp³-hybridized carbons (Fsp3) is 0.176. The number of nitrogens with zero attached hydrogens (tertiary/aromatic N) is 4. The molecule has 1 N–H and O–H groups in total. The molecule has 1 amide bonds. The zero-order chi connectivity index (χ0) is 19.4. The van der Waals surface area contributed by atoms with E-state index in [2.05, 4.69) is 25.3 Å². The van der Waals surface area contributed by atoms with Crippen molar-refractivity contribution in [1.82, 2.24) is 20.0 Å². The molecule has 0 saturated carbocycles. The molecule has 0 aliphatic heterocycles. The molecular formula is C17H15F2N5O2S. The number of anilines is 1. The fourth-order valence-corrected chi connectivity index (χ4v) is 2.68. The fourth-order valence-electron chi connectivity index (χ4n) is 2.32. The summed E-state index contributed by atoms with van der Waals surface area (Å²) >= 11 is 1.50. The topological polar surface area (TPSA) is 81.9 Å². The number of pyridine rings is 1. The van der Waals surface area contributed by atoms with E-state index >= 15 is 0 Å². The number of halogens is 2. The molecule has 7 nitrogen and oxygen atoms in total. The molecule has 27 heavy (non-hydrogen) atoms. The van der Waals surface area contributed by atoms with E-state index in [0.29, 0.717) is 17.1 Å². The molecule has 0 spiro atoms. The number of ether oxygens (including phenoxy) is 1. The Morgan fingerprint density at radius 1 is 1.22 bits per heavy atom. The quantitative estimate of drug-likeness (QED) is 0.647. The predicted molar refractivity (Wildman–Crippen MR) is 96.7 cm³/mol. The molecule has 2 heterocycles. The van der Waals surface area contributed by atoms with Crippen molar-refractivity contribution in [2.45, 2.75) is 18.6 Å². The number of carbonyl (C=O) groups excluding carboxylic acids is 1. The van der Waals surface area contributed by atoms with Crippen molar-refractivity contribution in [2.75, 3.05) is 11.6 Å². The second-order valence-electron chi connectivity index (χ2n) is 5.35. The first-order valence-electron chi connectivity index (χ1n) is 7.77. The van der Waals surface area contributed by atoms with Crippen molar-refractivity contribution < 1.29 is 18.3 Å². The largest absolute Gasteiger partial charge is 0.435 e. The van der Waals surface area contributed by atoms with Crippen molar-refractivity contribution in [2.24, 2.45) is 0 Å². The zero-order valence-corrected chi connectivity index (χ0v) is 15.2. The third-order valence-corrected chi connectivity index (χ3v) is 4.28. The van der Waals surface area contributed by atoms with Gasteiger partial charge in [0, 0.05) is 0 Å². The van der Waals surface area contributed by atoms with Crippen molar-refractivity contribution in [1.29, 1.82) is 0 Å². The first-order chi connectivity index (χ1) is 13.0. The third kappa shape index (κ3) is 4.40. The maximum absolute atomic E-state index is 12.4. The molecule has 1 aromatic carbocycles. The van der Waals surface area contributed by atoms with Gasteiger partial charge in [0.15, 0.2) is 5.69 Å². The van der Waals surface area contributed by atoms with Gasteiger partial charge in [0.25, 0.3) is 5.91 Å². The van der Waals surface area contributed by atoms with Crippen molar-refractivity contribution >= 4 is 23.4 Å². The number of rotatable bonds is 6. The Hall–Kier alpha value is -3.01. The molecule has 0 bridgehead atoms. The molecule has 10 heteroatoms. The number of hydrogen-bond donors (Lipinski definition) is 1. The lowest BCUT2D eigenvalue weighted by Gasteiger charge is -2.07. The van der Waals surface area contributed by atoms with Gasteiger partial charge in [-0.05, 0) is 49.6 Å². The summed E-state index contributed by atoms with van der Waals surface area (Å²) < 4.78 is 30.2. The number of hydrogen-bond acceptors (Lipinski definition) is 6. The number of aromatic nitrogens is 4. The predicted octanol–water partition coefficient (Wildman–Crippen LogP) is 3.55. The van der Waals surface area contributed by atoms with Gasteiger partial charge in [0.05, 0.1) is 28.3 Å². The summed E-state index contributed by atoms with van der Waals surface area (Å²) in [5.74, 6) is -0.388. The van der Waals surface area contributed by atoms with E-state index in [0.717, 1.165) is 5.03 Å². The van der Waals surface area contributed by atoms with Crippen LogP contribution in [0.1, 0.15) is 16.2 Å². The minimum absolute atomic E-state index is 0.0330. The minimum atomic E-state index is -2.89. The average molecular weight is 391 g/mol. The van der Waals surface area contributed by atoms with E-state index in [1.807, 2.05) is 6.26 Å². The van der Waals surface area contributed by atoms with Gasteiger partial charge in [-0.2, -0.15) is 8.78 Å². The second-order valence-corrected chi connectivity index (χ2v) is 6.18. The van der Waals surface area contributed by atoms with Crippen LogP contribution in [0.15, 0.2) is 47.6 Å². The van der Waals surface area contributed by atoms with E-state index in [9.17, 15) is 13.6 Å². The summed E-state index contributed by atoms with van der Waals surface area (Å²) in [5.41, 5.74) is 1.76. The highest BCUT2D eigenvalue weighted by atomic mass is 32.2. The smallest absolute Gasteiger partial charge is 0.387 e. The van der Waals surface area contributed by atoms with E-state index in [1.165, 1.54) is 28.6 Å². The molecule has 0 fully saturated rings. The van der Waals surface area contributed by atoms with Crippen LogP contribution in [-0.4, -0.2) is 38.8 Å². The van der Waals surface area contributed by atoms with Crippen LogP contribution >= 0.6 is 11.8 Å². The lowest BCUT2D eigenvalue weighted by atomic mass is 10.2. The van der Waals surface area contributed by atoms with Crippen molar-refractivity contribution in [3.05, 3.63) is 54.0 Å². The number of nitrogens with one attached hydrogen (secondary N) is 1. The van der Waals surface area contributed by atoms with Crippen molar-refractivity contribution in [3.63, 3.8) is 0 Å². The van der Waals surface area contributed by atoms with Crippen LogP contribution in [0.4, 0.5) is 14.5 Å². The molecule has 3 aromatic rings. The van der Waals surface area contributed by atoms with Crippen molar-refractivity contribution in [3.8, 4) is 11.4 Å². The molecule has 0 atom stereocenters. The molecular weight excluding hydrogens is 376 g/mol. The number of alkyl halides is 2. The van der Waals surface area contributed by atoms with Crippen LogP contribution in [-0.2, 0) is 0 Å². The number of thioether (sulfide) groups is 1. The Balaban J connectivity index is 1.76. The first kappa shape index (κ1) is 18.8. The van der Waals surface area contributed by atoms with Gasteiger partial charge in [-0.1, -0.05) is 5.21 Å². The average Bonchev–Trinajstić information content (AvgIpc) is 3.04. The standard InChI is InChI=1S/C17H15F2N5O2S/c1-10-15(16(25)21-11-3-8-14(27-2)20-9-11)22-23-24(10)12-4-6-13(7-5-12)26-17(18)19/h3-9,17H,1-2H3,(H,21,25). The Kier molecular flexibility index (Phi) is 5.65. The zero-order valence-electron chi connectivity index (χ0n) is 14.4. The van der Waals surface area contributed by atoms with Crippen LogP contribution in [0.25, 0.3) is 5.69 Å². The lowest BCUT2D eigenvalue weighted by molar-refractivity contribution is -0.0498. The Morgan fingerprint density at radius 3 is 2.56 bits per heavy atom. The molecule has 0 aliphatic carbocycles. The SMILES string of the molecule is CSc1ccc(NC(=O)c2nnn(-c3ccc(OC(F)F)cc3)c2C)cn1. The molecule has 0 radical (unpaired) electrons. The maximum Gasteiger partial charge on any atom is 0.387 e. The summed E-state index contributed by atoms with van der Waals surface area (Å²) in [6.07, 6.45) is 3.47. The highest BCUT2D eigenvalue weighted by Crippen LogP contribution is 2.19. The van der Waals surface area contributed by atoms with E-state index in [1.54, 1.807) is 37.4 Å². The molecule has 3 rings (SSSR count). The van der Waals surface area contributed by atoms with E-state index in [-0.39, 0.29) is 11.4 Å². The van der Waals surface area contributed by atoms with E-state index in [4.69, 9.17) is 0 Å².